The number of nitrogens with zero attached hydrogens (tertiary/aromatic N) is 6. The molecule has 4 N–H and O–H groups in total. The highest BCUT2D eigenvalue weighted by Gasteiger charge is 2.35. The highest BCUT2D eigenvalue weighted by atomic mass is 16.3. The van der Waals surface area contributed by atoms with Crippen molar-refractivity contribution < 1.29 is 9.90 Å². The Balaban J connectivity index is 1.36. The maximum atomic E-state index is 13.0. The first-order valence-corrected chi connectivity index (χ1v) is 10.8. The van der Waals surface area contributed by atoms with Gasteiger partial charge in [0.1, 0.15) is 11.8 Å². The maximum Gasteiger partial charge on any atom is 0.251 e. The van der Waals surface area contributed by atoms with Crippen LogP contribution < -0.4 is 11.1 Å². The molecule has 1 amide bonds. The molecule has 1 aliphatic rings. The number of imidazole rings is 2. The molecule has 3 aromatic heterocycles. The maximum absolute atomic E-state index is 13.0. The molecule has 166 valence electrons. The first kappa shape index (κ1) is 20.4. The van der Waals surface area contributed by atoms with E-state index in [4.69, 9.17) is 5.73 Å². The zero-order valence-electron chi connectivity index (χ0n) is 18.0. The van der Waals surface area contributed by atoms with Gasteiger partial charge in [0.05, 0.1) is 41.9 Å². The second-order valence-electron chi connectivity index (χ2n) is 8.60. The van der Waals surface area contributed by atoms with Crippen LogP contribution >= 0.6 is 0 Å². The summed E-state index contributed by atoms with van der Waals surface area (Å²) in [5.41, 5.74) is 9.28. The lowest BCUT2D eigenvalue weighted by Crippen LogP contribution is -2.49. The van der Waals surface area contributed by atoms with Crippen molar-refractivity contribution in [3.8, 4) is 0 Å². The molecule has 0 spiro atoms. The van der Waals surface area contributed by atoms with Crippen molar-refractivity contribution in [3.63, 3.8) is 0 Å². The van der Waals surface area contributed by atoms with E-state index in [1.807, 2.05) is 10.6 Å². The topological polar surface area (TPSA) is 137 Å². The Hall–Kier alpha value is -3.53. The van der Waals surface area contributed by atoms with E-state index >= 15 is 0 Å². The predicted octanol–water partition coefficient (Wildman–Crippen LogP) is 2.22. The highest BCUT2D eigenvalue weighted by molar-refractivity contribution is 5.97. The molecule has 1 aliphatic carbocycles. The number of aliphatic hydroxyl groups is 1. The highest BCUT2D eigenvalue weighted by Crippen LogP contribution is 2.32. The largest absolute Gasteiger partial charge is 0.389 e. The van der Waals surface area contributed by atoms with E-state index in [2.05, 4.69) is 43.7 Å². The zero-order valence-corrected chi connectivity index (χ0v) is 18.0. The van der Waals surface area contributed by atoms with E-state index in [0.29, 0.717) is 29.0 Å². The quantitative estimate of drug-likeness (QED) is 0.448. The number of nitrogen functional groups attached to an aromatic ring is 1. The summed E-state index contributed by atoms with van der Waals surface area (Å²) < 4.78 is 3.90. The molecule has 3 heterocycles. The Labute approximate surface area is 184 Å². The van der Waals surface area contributed by atoms with Gasteiger partial charge < -0.3 is 25.3 Å². The number of nitrogens with two attached hydrogens (primary N) is 1. The lowest BCUT2D eigenvalue weighted by molar-refractivity contribution is 0.0410. The van der Waals surface area contributed by atoms with Crippen LogP contribution in [0.25, 0.3) is 22.2 Å². The van der Waals surface area contributed by atoms with Crippen LogP contribution in [-0.2, 0) is 0 Å². The number of hydrogen-bond acceptors (Lipinski definition) is 7. The van der Waals surface area contributed by atoms with Crippen molar-refractivity contribution in [1.82, 2.24) is 34.4 Å². The Bertz CT molecular complexity index is 1290. The summed E-state index contributed by atoms with van der Waals surface area (Å²) in [5.74, 6) is 0.0805. The minimum atomic E-state index is -0.787. The van der Waals surface area contributed by atoms with Gasteiger partial charge in [-0.3, -0.25) is 4.79 Å². The number of benzene rings is 1. The lowest BCUT2D eigenvalue weighted by Gasteiger charge is -2.36. The predicted molar refractivity (Wildman–Crippen MR) is 120 cm³/mol. The number of anilines is 1. The zero-order chi connectivity index (χ0) is 22.4. The minimum absolute atomic E-state index is 0.224. The lowest BCUT2D eigenvalue weighted by atomic mass is 9.87. The number of aliphatic hydroxyl groups excluding tert-OH is 1. The van der Waals surface area contributed by atoms with Crippen LogP contribution in [0.2, 0.25) is 0 Å². The van der Waals surface area contributed by atoms with Crippen molar-refractivity contribution in [2.24, 2.45) is 0 Å². The van der Waals surface area contributed by atoms with Gasteiger partial charge in [0.2, 0.25) is 0 Å². The van der Waals surface area contributed by atoms with Crippen molar-refractivity contribution in [2.75, 3.05) is 5.73 Å². The average Bonchev–Trinajstić information content (AvgIpc) is 3.40. The number of hydrogen-bond donors (Lipinski definition) is 3. The van der Waals surface area contributed by atoms with Gasteiger partial charge in [-0.15, -0.1) is 0 Å². The monoisotopic (exact) mass is 434 g/mol. The van der Waals surface area contributed by atoms with Crippen molar-refractivity contribution in [2.45, 2.75) is 57.3 Å². The number of nitrogens with one attached hydrogen (secondary N) is 1. The van der Waals surface area contributed by atoms with Crippen LogP contribution in [-0.4, -0.2) is 52.2 Å². The summed E-state index contributed by atoms with van der Waals surface area (Å²) in [5, 5.41) is 14.1. The van der Waals surface area contributed by atoms with Gasteiger partial charge in [-0.05, 0) is 51.3 Å². The normalized spacial score (nSPS) is 21.4. The number of carbonyl (C=O) groups excluding carboxylic acids is 1. The fraction of sp³-hybridized carbons (Fsp3) is 0.409. The van der Waals surface area contributed by atoms with E-state index in [1.54, 1.807) is 24.8 Å². The molecule has 3 atom stereocenters. The van der Waals surface area contributed by atoms with Gasteiger partial charge in [0.25, 0.3) is 5.91 Å². The van der Waals surface area contributed by atoms with Gasteiger partial charge in [-0.25, -0.2) is 19.9 Å². The van der Waals surface area contributed by atoms with Crippen LogP contribution in [0.3, 0.4) is 0 Å². The molecule has 10 nitrogen and oxygen atoms in total. The molecular formula is C22H26N8O2. The number of carbonyl (C=O) groups is 1. The first-order chi connectivity index (χ1) is 15.4. The molecule has 4 aromatic rings. The van der Waals surface area contributed by atoms with Crippen LogP contribution in [0.4, 0.5) is 5.82 Å². The summed E-state index contributed by atoms with van der Waals surface area (Å²) >= 11 is 0. The smallest absolute Gasteiger partial charge is 0.251 e. The third-order valence-corrected chi connectivity index (χ3v) is 6.28. The third kappa shape index (κ3) is 3.36. The van der Waals surface area contributed by atoms with Crippen molar-refractivity contribution >= 4 is 33.9 Å². The fourth-order valence-corrected chi connectivity index (χ4v) is 4.57. The number of fused-ring (bicyclic) bond motifs is 2. The molecule has 0 aliphatic heterocycles. The van der Waals surface area contributed by atoms with E-state index in [0.717, 1.165) is 23.9 Å². The Kier molecular flexibility index (Phi) is 5.01. The summed E-state index contributed by atoms with van der Waals surface area (Å²) in [6.07, 6.45) is 6.32. The number of amides is 1. The molecule has 5 rings (SSSR count). The van der Waals surface area contributed by atoms with Crippen LogP contribution in [0.1, 0.15) is 55.6 Å². The molecule has 0 saturated heterocycles. The molecule has 1 fully saturated rings. The SMILES string of the molecule is CC(C)n1cnc2cc(C(=O)N[C@H]3CCC[C@H](n4cnc5c(N)ncnc54)[C@H]3O)ccc21. The van der Waals surface area contributed by atoms with Gasteiger partial charge in [0.15, 0.2) is 11.5 Å². The number of aromatic nitrogens is 6. The summed E-state index contributed by atoms with van der Waals surface area (Å²) in [6.45, 7) is 4.18. The molecule has 1 aromatic carbocycles. The van der Waals surface area contributed by atoms with Gasteiger partial charge >= 0.3 is 0 Å². The molecule has 32 heavy (non-hydrogen) atoms. The van der Waals surface area contributed by atoms with Crippen molar-refractivity contribution in [1.29, 1.82) is 0 Å². The molecular weight excluding hydrogens is 408 g/mol. The molecule has 0 bridgehead atoms. The molecule has 10 heteroatoms. The summed E-state index contributed by atoms with van der Waals surface area (Å²) in [7, 11) is 0. The Morgan fingerprint density at radius 1 is 1.19 bits per heavy atom. The second kappa shape index (κ2) is 7.86. The van der Waals surface area contributed by atoms with E-state index in [1.165, 1.54) is 6.33 Å². The third-order valence-electron chi connectivity index (χ3n) is 6.28. The Morgan fingerprint density at radius 2 is 2.03 bits per heavy atom. The van der Waals surface area contributed by atoms with Crippen LogP contribution in [0.5, 0.6) is 0 Å². The fourth-order valence-electron chi connectivity index (χ4n) is 4.57. The van der Waals surface area contributed by atoms with E-state index < -0.39 is 6.10 Å². The summed E-state index contributed by atoms with van der Waals surface area (Å²) in [4.78, 5) is 30.0. The average molecular weight is 435 g/mol. The van der Waals surface area contributed by atoms with E-state index in [9.17, 15) is 9.90 Å². The molecule has 1 saturated carbocycles. The molecule has 0 radical (unpaired) electrons. The van der Waals surface area contributed by atoms with E-state index in [-0.39, 0.29) is 24.0 Å². The summed E-state index contributed by atoms with van der Waals surface area (Å²) in [6, 6.07) is 5.14. The standard InChI is InChI=1S/C22H26N8O2/c1-12(2)29-10-26-15-8-13(6-7-16(15)29)22(32)28-14-4-3-5-17(19(14)31)30-11-27-18-20(23)24-9-25-21(18)30/h6-12,14,17,19,31H,3-5H2,1-2H3,(H,28,32)(H2,23,24,25)/t14-,17-,19-/m0/s1. The van der Waals surface area contributed by atoms with Crippen LogP contribution in [0, 0.1) is 0 Å². The van der Waals surface area contributed by atoms with Gasteiger partial charge in [0, 0.05) is 11.6 Å². The Morgan fingerprint density at radius 3 is 2.84 bits per heavy atom. The second-order valence-corrected chi connectivity index (χ2v) is 8.60. The number of rotatable bonds is 4. The van der Waals surface area contributed by atoms with Gasteiger partial charge in [-0.1, -0.05) is 0 Å². The molecule has 0 unspecified atom stereocenters. The first-order valence-electron chi connectivity index (χ1n) is 10.8. The van der Waals surface area contributed by atoms with Crippen molar-refractivity contribution in [3.05, 3.63) is 42.7 Å². The van der Waals surface area contributed by atoms with Crippen LogP contribution in [0.15, 0.2) is 37.2 Å². The van der Waals surface area contributed by atoms with Gasteiger partial charge in [-0.2, -0.15) is 0 Å². The minimum Gasteiger partial charge on any atom is -0.389 e.